The lowest BCUT2D eigenvalue weighted by atomic mass is 9.98. The molecule has 7 heteroatoms. The van der Waals surface area contributed by atoms with E-state index in [2.05, 4.69) is 10.6 Å². The first-order chi connectivity index (χ1) is 12.5. The summed E-state index contributed by atoms with van der Waals surface area (Å²) in [6.45, 7) is 1.97. The first-order valence-electron chi connectivity index (χ1n) is 9.03. The number of amides is 4. The van der Waals surface area contributed by atoms with Crippen molar-refractivity contribution in [1.82, 2.24) is 15.5 Å². The number of nitrogens with one attached hydrogen (secondary N) is 2. The number of hydrogen-bond acceptors (Lipinski definition) is 4. The zero-order valence-electron chi connectivity index (χ0n) is 15.2. The summed E-state index contributed by atoms with van der Waals surface area (Å²) in [5.41, 5.74) is 0.154. The third-order valence-corrected chi connectivity index (χ3v) is 5.25. The molecule has 1 saturated carbocycles. The molecule has 140 valence electrons. The Morgan fingerprint density at radius 1 is 1.31 bits per heavy atom. The van der Waals surface area contributed by atoms with Crippen molar-refractivity contribution in [1.29, 1.82) is 0 Å². The maximum Gasteiger partial charge on any atom is 0.325 e. The second kappa shape index (κ2) is 7.35. The number of carbonyl (C=O) groups is 3. The van der Waals surface area contributed by atoms with E-state index in [1.165, 1.54) is 4.90 Å². The molecule has 1 spiro atoms. The minimum Gasteiger partial charge on any atom is -0.496 e. The molecule has 1 atom stereocenters. The van der Waals surface area contributed by atoms with E-state index >= 15 is 0 Å². The van der Waals surface area contributed by atoms with Gasteiger partial charge in [0.05, 0.1) is 13.2 Å². The zero-order chi connectivity index (χ0) is 18.7. The molecule has 7 nitrogen and oxygen atoms in total. The van der Waals surface area contributed by atoms with Gasteiger partial charge in [0.15, 0.2) is 0 Å². The molecular weight excluding hydrogens is 334 g/mol. The lowest BCUT2D eigenvalue weighted by molar-refractivity contribution is -0.131. The van der Waals surface area contributed by atoms with E-state index in [0.717, 1.165) is 18.4 Å². The van der Waals surface area contributed by atoms with Gasteiger partial charge < -0.3 is 15.4 Å². The number of benzene rings is 1. The van der Waals surface area contributed by atoms with Crippen molar-refractivity contribution in [2.45, 2.75) is 50.6 Å². The molecule has 2 aliphatic rings. The summed E-state index contributed by atoms with van der Waals surface area (Å²) >= 11 is 0. The summed E-state index contributed by atoms with van der Waals surface area (Å²) in [7, 11) is 1.59. The molecule has 4 amide bonds. The lowest BCUT2D eigenvalue weighted by Gasteiger charge is -2.20. The first-order valence-corrected chi connectivity index (χ1v) is 9.03. The average molecular weight is 359 g/mol. The quantitative estimate of drug-likeness (QED) is 0.762. The predicted molar refractivity (Wildman–Crippen MR) is 95.6 cm³/mol. The van der Waals surface area contributed by atoms with Gasteiger partial charge in [-0.25, -0.2) is 4.79 Å². The van der Waals surface area contributed by atoms with Crippen molar-refractivity contribution in [3.8, 4) is 5.75 Å². The van der Waals surface area contributed by atoms with Crippen LogP contribution in [0.5, 0.6) is 5.75 Å². The molecule has 1 heterocycles. The third-order valence-electron chi connectivity index (χ3n) is 5.25. The van der Waals surface area contributed by atoms with Crippen LogP contribution in [0.15, 0.2) is 24.3 Å². The second-order valence-corrected chi connectivity index (χ2v) is 6.96. The van der Waals surface area contributed by atoms with Crippen LogP contribution in [0.4, 0.5) is 4.79 Å². The SMILES string of the molecule is COc1ccccc1C(C)NC(=O)CCN1C(=O)NC2(CCCC2)C1=O. The first kappa shape index (κ1) is 18.2. The van der Waals surface area contributed by atoms with Gasteiger partial charge in [0, 0.05) is 18.5 Å². The lowest BCUT2D eigenvalue weighted by Crippen LogP contribution is -2.44. The monoisotopic (exact) mass is 359 g/mol. The van der Waals surface area contributed by atoms with Crippen LogP contribution < -0.4 is 15.4 Å². The van der Waals surface area contributed by atoms with Crippen molar-refractivity contribution in [2.24, 2.45) is 0 Å². The zero-order valence-corrected chi connectivity index (χ0v) is 15.2. The van der Waals surface area contributed by atoms with Gasteiger partial charge in [0.2, 0.25) is 5.91 Å². The Kier molecular flexibility index (Phi) is 5.15. The molecule has 1 aromatic carbocycles. The van der Waals surface area contributed by atoms with Crippen LogP contribution in [-0.2, 0) is 9.59 Å². The Morgan fingerprint density at radius 3 is 2.69 bits per heavy atom. The van der Waals surface area contributed by atoms with E-state index < -0.39 is 5.54 Å². The molecular formula is C19H25N3O4. The van der Waals surface area contributed by atoms with E-state index in [0.29, 0.717) is 18.6 Å². The standard InChI is InChI=1S/C19H25N3O4/c1-13(14-7-3-4-8-15(14)26-2)20-16(23)9-12-22-17(24)19(21-18(22)25)10-5-6-11-19/h3-4,7-8,13H,5-6,9-12H2,1-2H3,(H,20,23)(H,21,25). The van der Waals surface area contributed by atoms with Gasteiger partial charge in [-0.3, -0.25) is 14.5 Å². The number of rotatable bonds is 6. The van der Waals surface area contributed by atoms with E-state index in [9.17, 15) is 14.4 Å². The van der Waals surface area contributed by atoms with E-state index in [4.69, 9.17) is 4.74 Å². The number of imide groups is 1. The minimum atomic E-state index is -0.724. The van der Waals surface area contributed by atoms with E-state index in [-0.39, 0.29) is 36.9 Å². The Morgan fingerprint density at radius 2 is 2.00 bits per heavy atom. The van der Waals surface area contributed by atoms with Crippen LogP contribution in [0, 0.1) is 0 Å². The molecule has 1 aliphatic carbocycles. The average Bonchev–Trinajstić information content (AvgIpc) is 3.19. The fraction of sp³-hybridized carbons (Fsp3) is 0.526. The maximum atomic E-state index is 12.6. The van der Waals surface area contributed by atoms with Gasteiger partial charge in [-0.15, -0.1) is 0 Å². The Hall–Kier alpha value is -2.57. The number of ether oxygens (including phenoxy) is 1. The number of para-hydroxylation sites is 1. The Labute approximate surface area is 153 Å². The van der Waals surface area contributed by atoms with Crippen LogP contribution in [0.3, 0.4) is 0 Å². The summed E-state index contributed by atoms with van der Waals surface area (Å²) in [5.74, 6) is 0.305. The van der Waals surface area contributed by atoms with Crippen molar-refractivity contribution in [2.75, 3.05) is 13.7 Å². The topological polar surface area (TPSA) is 87.7 Å². The number of urea groups is 1. The van der Waals surface area contributed by atoms with Gasteiger partial charge in [-0.2, -0.15) is 0 Å². The predicted octanol–water partition coefficient (Wildman–Crippen LogP) is 2.13. The normalized spacial score (nSPS) is 19.5. The van der Waals surface area contributed by atoms with E-state index in [1.807, 2.05) is 31.2 Å². The fourth-order valence-electron chi connectivity index (χ4n) is 3.83. The van der Waals surface area contributed by atoms with Crippen LogP contribution in [0.25, 0.3) is 0 Å². The van der Waals surface area contributed by atoms with Crippen molar-refractivity contribution in [3.63, 3.8) is 0 Å². The van der Waals surface area contributed by atoms with Gasteiger partial charge in [-0.05, 0) is 25.8 Å². The van der Waals surface area contributed by atoms with Gasteiger partial charge in [0.25, 0.3) is 5.91 Å². The molecule has 3 rings (SSSR count). The molecule has 1 unspecified atom stereocenters. The fourth-order valence-corrected chi connectivity index (χ4v) is 3.83. The molecule has 1 aliphatic heterocycles. The van der Waals surface area contributed by atoms with Crippen molar-refractivity contribution in [3.05, 3.63) is 29.8 Å². The summed E-state index contributed by atoms with van der Waals surface area (Å²) in [5, 5.41) is 5.72. The Bertz CT molecular complexity index is 712. The van der Waals surface area contributed by atoms with Crippen LogP contribution >= 0.6 is 0 Å². The number of methoxy groups -OCH3 is 1. The van der Waals surface area contributed by atoms with Crippen LogP contribution in [0.1, 0.15) is 50.6 Å². The highest BCUT2D eigenvalue weighted by Crippen LogP contribution is 2.35. The molecule has 0 bridgehead atoms. The van der Waals surface area contributed by atoms with Crippen molar-refractivity contribution >= 4 is 17.8 Å². The highest BCUT2D eigenvalue weighted by atomic mass is 16.5. The minimum absolute atomic E-state index is 0.0781. The summed E-state index contributed by atoms with van der Waals surface area (Å²) in [6, 6.07) is 6.87. The molecule has 1 saturated heterocycles. The number of carbonyl (C=O) groups excluding carboxylic acids is 3. The Balaban J connectivity index is 1.56. The van der Waals surface area contributed by atoms with Gasteiger partial charge in [-0.1, -0.05) is 31.0 Å². The third kappa shape index (κ3) is 3.38. The highest BCUT2D eigenvalue weighted by Gasteiger charge is 2.52. The highest BCUT2D eigenvalue weighted by molar-refractivity contribution is 6.07. The summed E-state index contributed by atoms with van der Waals surface area (Å²) in [4.78, 5) is 38.2. The molecule has 26 heavy (non-hydrogen) atoms. The van der Waals surface area contributed by atoms with Crippen molar-refractivity contribution < 1.29 is 19.1 Å². The largest absolute Gasteiger partial charge is 0.496 e. The molecule has 2 fully saturated rings. The summed E-state index contributed by atoms with van der Waals surface area (Å²) < 4.78 is 5.31. The van der Waals surface area contributed by atoms with Crippen LogP contribution in [-0.4, -0.2) is 41.9 Å². The summed E-state index contributed by atoms with van der Waals surface area (Å²) in [6.07, 6.45) is 3.33. The maximum absolute atomic E-state index is 12.6. The number of nitrogens with zero attached hydrogens (tertiary/aromatic N) is 1. The van der Waals surface area contributed by atoms with Gasteiger partial charge >= 0.3 is 6.03 Å². The van der Waals surface area contributed by atoms with Crippen LogP contribution in [0.2, 0.25) is 0 Å². The molecule has 1 aromatic rings. The second-order valence-electron chi connectivity index (χ2n) is 6.96. The van der Waals surface area contributed by atoms with E-state index in [1.54, 1.807) is 7.11 Å². The van der Waals surface area contributed by atoms with Gasteiger partial charge in [0.1, 0.15) is 11.3 Å². The smallest absolute Gasteiger partial charge is 0.325 e. The number of hydrogen-bond donors (Lipinski definition) is 2. The molecule has 2 N–H and O–H groups in total. The molecule has 0 radical (unpaired) electrons. The molecule has 0 aromatic heterocycles.